The van der Waals surface area contributed by atoms with Crippen LogP contribution in [-0.2, 0) is 16.1 Å². The molecule has 0 radical (unpaired) electrons. The van der Waals surface area contributed by atoms with E-state index in [-0.39, 0.29) is 23.7 Å². The topological polar surface area (TPSA) is 98.7 Å². The molecule has 3 rings (SSSR count). The third-order valence-electron chi connectivity index (χ3n) is 5.30. The Labute approximate surface area is 156 Å². The standard InChI is InChI=1S/C19H24FN3O4/c20-14-5-1-12(2-6-14)11-23-10-9-16(17(23)24)22-19(27)21-15-7-3-13(4-8-15)18(25)26/h1-2,5-6,13,15-16H,3-4,7-11H2,(H,25,26)(H2,21,22,27). The summed E-state index contributed by atoms with van der Waals surface area (Å²) in [5, 5.41) is 14.6. The lowest BCUT2D eigenvalue weighted by Crippen LogP contribution is -2.49. The molecule has 1 aliphatic heterocycles. The van der Waals surface area contributed by atoms with Gasteiger partial charge in [0.25, 0.3) is 0 Å². The molecule has 2 aliphatic rings. The van der Waals surface area contributed by atoms with E-state index < -0.39 is 18.0 Å². The summed E-state index contributed by atoms with van der Waals surface area (Å²) in [7, 11) is 0. The monoisotopic (exact) mass is 377 g/mol. The highest BCUT2D eigenvalue weighted by Gasteiger charge is 2.33. The minimum Gasteiger partial charge on any atom is -0.481 e. The van der Waals surface area contributed by atoms with Crippen LogP contribution in [0, 0.1) is 11.7 Å². The van der Waals surface area contributed by atoms with E-state index in [2.05, 4.69) is 10.6 Å². The second kappa shape index (κ2) is 8.37. The number of rotatable bonds is 5. The molecule has 7 nitrogen and oxygen atoms in total. The number of nitrogens with one attached hydrogen (secondary N) is 2. The number of carbonyl (C=O) groups is 3. The minimum absolute atomic E-state index is 0.0626. The van der Waals surface area contributed by atoms with E-state index in [0.717, 1.165) is 5.56 Å². The highest BCUT2D eigenvalue weighted by molar-refractivity contribution is 5.88. The molecule has 8 heteroatoms. The molecule has 1 aromatic carbocycles. The van der Waals surface area contributed by atoms with Crippen LogP contribution in [0.15, 0.2) is 24.3 Å². The van der Waals surface area contributed by atoms with Crippen molar-refractivity contribution in [3.8, 4) is 0 Å². The van der Waals surface area contributed by atoms with Crippen LogP contribution in [0.25, 0.3) is 0 Å². The Balaban J connectivity index is 1.44. The first kappa shape index (κ1) is 19.1. The number of hydrogen-bond acceptors (Lipinski definition) is 3. The lowest BCUT2D eigenvalue weighted by molar-refractivity contribution is -0.142. The summed E-state index contributed by atoms with van der Waals surface area (Å²) in [5.74, 6) is -1.58. The lowest BCUT2D eigenvalue weighted by atomic mass is 9.86. The number of nitrogens with zero attached hydrogens (tertiary/aromatic N) is 1. The molecule has 1 aromatic rings. The third-order valence-corrected chi connectivity index (χ3v) is 5.30. The van der Waals surface area contributed by atoms with Gasteiger partial charge >= 0.3 is 12.0 Å². The fraction of sp³-hybridized carbons (Fsp3) is 0.526. The number of halogens is 1. The quantitative estimate of drug-likeness (QED) is 0.729. The number of carboxylic acid groups (broad SMARTS) is 1. The summed E-state index contributed by atoms with van der Waals surface area (Å²) in [6, 6.07) is 4.98. The van der Waals surface area contributed by atoms with Crippen molar-refractivity contribution in [2.24, 2.45) is 5.92 Å². The van der Waals surface area contributed by atoms with Gasteiger partial charge in [-0.05, 0) is 49.8 Å². The average Bonchev–Trinajstić information content (AvgIpc) is 2.97. The normalized spacial score (nSPS) is 25.3. The minimum atomic E-state index is -0.782. The van der Waals surface area contributed by atoms with Crippen molar-refractivity contribution in [3.63, 3.8) is 0 Å². The first-order valence-corrected chi connectivity index (χ1v) is 9.25. The summed E-state index contributed by atoms with van der Waals surface area (Å²) in [5.41, 5.74) is 0.838. The summed E-state index contributed by atoms with van der Waals surface area (Å²) in [6.45, 7) is 0.920. The van der Waals surface area contributed by atoms with E-state index in [1.807, 2.05) is 0 Å². The number of carbonyl (C=O) groups excluding carboxylic acids is 2. The molecule has 0 bridgehead atoms. The molecule has 1 saturated carbocycles. The molecule has 27 heavy (non-hydrogen) atoms. The maximum Gasteiger partial charge on any atom is 0.315 e. The van der Waals surface area contributed by atoms with Crippen molar-refractivity contribution in [2.75, 3.05) is 6.54 Å². The van der Waals surface area contributed by atoms with Crippen LogP contribution < -0.4 is 10.6 Å². The Morgan fingerprint density at radius 3 is 2.37 bits per heavy atom. The molecule has 1 aliphatic carbocycles. The van der Waals surface area contributed by atoms with Gasteiger partial charge in [-0.15, -0.1) is 0 Å². The van der Waals surface area contributed by atoms with Gasteiger partial charge in [0, 0.05) is 19.1 Å². The van der Waals surface area contributed by atoms with Crippen LogP contribution in [0.1, 0.15) is 37.7 Å². The molecule has 1 heterocycles. The number of hydrogen-bond donors (Lipinski definition) is 3. The van der Waals surface area contributed by atoms with Crippen LogP contribution in [0.5, 0.6) is 0 Å². The summed E-state index contributed by atoms with van der Waals surface area (Å²) >= 11 is 0. The van der Waals surface area contributed by atoms with Crippen LogP contribution in [0.4, 0.5) is 9.18 Å². The van der Waals surface area contributed by atoms with Crippen molar-refractivity contribution >= 4 is 17.9 Å². The molecule has 1 unspecified atom stereocenters. The number of likely N-dealkylation sites (tertiary alicyclic amines) is 1. The van der Waals surface area contributed by atoms with E-state index in [1.165, 1.54) is 12.1 Å². The van der Waals surface area contributed by atoms with Crippen molar-refractivity contribution in [1.82, 2.24) is 15.5 Å². The highest BCUT2D eigenvalue weighted by atomic mass is 19.1. The Morgan fingerprint density at radius 2 is 1.74 bits per heavy atom. The summed E-state index contributed by atoms with van der Waals surface area (Å²) in [4.78, 5) is 37.3. The predicted octanol–water partition coefficient (Wildman–Crippen LogP) is 1.87. The second-order valence-electron chi connectivity index (χ2n) is 7.23. The predicted molar refractivity (Wildman–Crippen MR) is 95.3 cm³/mol. The molecule has 3 amide bonds. The number of urea groups is 1. The van der Waals surface area contributed by atoms with Crippen molar-refractivity contribution in [2.45, 2.75) is 50.7 Å². The van der Waals surface area contributed by atoms with Crippen LogP contribution in [0.2, 0.25) is 0 Å². The van der Waals surface area contributed by atoms with Gasteiger partial charge in [-0.3, -0.25) is 9.59 Å². The number of carboxylic acids is 1. The molecular formula is C19H24FN3O4. The largest absolute Gasteiger partial charge is 0.481 e. The van der Waals surface area contributed by atoms with E-state index >= 15 is 0 Å². The molecule has 146 valence electrons. The summed E-state index contributed by atoms with van der Waals surface area (Å²) < 4.78 is 13.0. The van der Waals surface area contributed by atoms with Crippen LogP contribution >= 0.6 is 0 Å². The zero-order chi connectivity index (χ0) is 19.4. The molecule has 3 N–H and O–H groups in total. The maximum absolute atomic E-state index is 13.0. The Kier molecular flexibility index (Phi) is 5.93. The van der Waals surface area contributed by atoms with Crippen molar-refractivity contribution in [1.29, 1.82) is 0 Å². The van der Waals surface area contributed by atoms with Gasteiger partial charge < -0.3 is 20.6 Å². The van der Waals surface area contributed by atoms with E-state index in [0.29, 0.717) is 45.2 Å². The zero-order valence-electron chi connectivity index (χ0n) is 15.0. The van der Waals surface area contributed by atoms with Gasteiger partial charge in [-0.2, -0.15) is 0 Å². The molecule has 1 saturated heterocycles. The first-order chi connectivity index (χ1) is 12.9. The van der Waals surface area contributed by atoms with Crippen molar-refractivity contribution < 1.29 is 23.9 Å². The third kappa shape index (κ3) is 4.96. The summed E-state index contributed by atoms with van der Waals surface area (Å²) in [6.07, 6.45) is 2.88. The molecule has 1 atom stereocenters. The van der Waals surface area contributed by atoms with Crippen molar-refractivity contribution in [3.05, 3.63) is 35.6 Å². The molecular weight excluding hydrogens is 353 g/mol. The highest BCUT2D eigenvalue weighted by Crippen LogP contribution is 2.24. The van der Waals surface area contributed by atoms with E-state index in [1.54, 1.807) is 17.0 Å². The van der Waals surface area contributed by atoms with E-state index in [4.69, 9.17) is 5.11 Å². The van der Waals surface area contributed by atoms with Gasteiger partial charge in [-0.25, -0.2) is 9.18 Å². The number of aliphatic carboxylic acids is 1. The van der Waals surface area contributed by atoms with Gasteiger partial charge in [0.15, 0.2) is 0 Å². The first-order valence-electron chi connectivity index (χ1n) is 9.25. The average molecular weight is 377 g/mol. The Bertz CT molecular complexity index is 701. The van der Waals surface area contributed by atoms with Gasteiger partial charge in [-0.1, -0.05) is 12.1 Å². The van der Waals surface area contributed by atoms with Gasteiger partial charge in [0.1, 0.15) is 11.9 Å². The molecule has 2 fully saturated rings. The second-order valence-corrected chi connectivity index (χ2v) is 7.23. The van der Waals surface area contributed by atoms with E-state index in [9.17, 15) is 18.8 Å². The smallest absolute Gasteiger partial charge is 0.315 e. The van der Waals surface area contributed by atoms with Crippen LogP contribution in [0.3, 0.4) is 0 Å². The number of benzene rings is 1. The fourth-order valence-electron chi connectivity index (χ4n) is 3.71. The number of amides is 3. The Hall–Kier alpha value is -2.64. The fourth-order valence-corrected chi connectivity index (χ4v) is 3.71. The Morgan fingerprint density at radius 1 is 1.07 bits per heavy atom. The molecule has 0 spiro atoms. The van der Waals surface area contributed by atoms with Crippen LogP contribution in [-0.4, -0.2) is 46.5 Å². The lowest BCUT2D eigenvalue weighted by Gasteiger charge is -2.27. The molecule has 0 aromatic heterocycles. The SMILES string of the molecule is O=C(NC1CCC(C(=O)O)CC1)NC1CCN(Cc2ccc(F)cc2)C1=O. The van der Waals surface area contributed by atoms with Gasteiger partial charge in [0.2, 0.25) is 5.91 Å². The maximum atomic E-state index is 13.0. The zero-order valence-corrected chi connectivity index (χ0v) is 15.0. The van der Waals surface area contributed by atoms with Gasteiger partial charge in [0.05, 0.1) is 5.92 Å².